The van der Waals surface area contributed by atoms with Crippen molar-refractivity contribution in [2.75, 3.05) is 0 Å². The number of hydrogen-bond acceptors (Lipinski definition) is 3. The van der Waals surface area contributed by atoms with Gasteiger partial charge in [0.05, 0.1) is 0 Å². The molecular weight excluding hydrogens is 204 g/mol. The Bertz CT molecular complexity index is 387. The van der Waals surface area contributed by atoms with Crippen molar-refractivity contribution in [3.63, 3.8) is 0 Å². The molecule has 0 fully saturated rings. The van der Waals surface area contributed by atoms with Crippen molar-refractivity contribution in [1.29, 1.82) is 0 Å². The Kier molecular flexibility index (Phi) is 4.94. The number of carbonyl (C=O) groups is 1. The average Bonchev–Trinajstić information content (AvgIpc) is 2.27. The van der Waals surface area contributed by atoms with Crippen LogP contribution in [0, 0.1) is 11.8 Å². The first kappa shape index (κ1) is 12.1. The Morgan fingerprint density at radius 1 is 1.38 bits per heavy atom. The van der Waals surface area contributed by atoms with Gasteiger partial charge < -0.3 is 9.47 Å². The smallest absolute Gasteiger partial charge is 0.418 e. The van der Waals surface area contributed by atoms with Gasteiger partial charge in [-0.1, -0.05) is 37.0 Å². The van der Waals surface area contributed by atoms with Gasteiger partial charge in [-0.2, -0.15) is 0 Å². The quantitative estimate of drug-likeness (QED) is 0.435. The second kappa shape index (κ2) is 6.52. The van der Waals surface area contributed by atoms with Crippen LogP contribution >= 0.6 is 0 Å². The van der Waals surface area contributed by atoms with Crippen molar-refractivity contribution in [2.45, 2.75) is 26.4 Å². The SMILES string of the molecule is CCC#CC(C)OC(=O)Oc1ccccc1. The molecule has 0 heterocycles. The summed E-state index contributed by atoms with van der Waals surface area (Å²) >= 11 is 0. The first-order valence-corrected chi connectivity index (χ1v) is 5.14. The van der Waals surface area contributed by atoms with Gasteiger partial charge in [0.2, 0.25) is 0 Å². The highest BCUT2D eigenvalue weighted by molar-refractivity contribution is 5.64. The third-order valence-corrected chi connectivity index (χ3v) is 1.70. The molecule has 0 saturated heterocycles. The molecule has 3 heteroatoms. The first-order valence-electron chi connectivity index (χ1n) is 5.14. The molecule has 0 aromatic heterocycles. The number of benzene rings is 1. The molecule has 0 aliphatic rings. The predicted molar refractivity (Wildman–Crippen MR) is 61.1 cm³/mol. The number of hydrogen-bond donors (Lipinski definition) is 0. The Morgan fingerprint density at radius 3 is 2.69 bits per heavy atom. The number of ether oxygens (including phenoxy) is 2. The topological polar surface area (TPSA) is 35.5 Å². The van der Waals surface area contributed by atoms with Crippen LogP contribution in [0.15, 0.2) is 30.3 Å². The maximum absolute atomic E-state index is 11.3. The monoisotopic (exact) mass is 218 g/mol. The molecule has 3 nitrogen and oxygen atoms in total. The Hall–Kier alpha value is -1.95. The van der Waals surface area contributed by atoms with Crippen LogP contribution in [-0.2, 0) is 4.74 Å². The molecule has 0 aliphatic carbocycles. The molecular formula is C13H14O3. The fourth-order valence-corrected chi connectivity index (χ4v) is 1.03. The Morgan fingerprint density at radius 2 is 2.06 bits per heavy atom. The van der Waals surface area contributed by atoms with Crippen LogP contribution in [0.5, 0.6) is 5.75 Å². The summed E-state index contributed by atoms with van der Waals surface area (Å²) in [6, 6.07) is 8.77. The van der Waals surface area contributed by atoms with E-state index in [0.717, 1.165) is 6.42 Å². The molecule has 1 rings (SSSR count). The minimum Gasteiger partial charge on any atom is -0.418 e. The molecule has 1 atom stereocenters. The zero-order valence-electron chi connectivity index (χ0n) is 9.40. The minimum absolute atomic E-state index is 0.448. The molecule has 0 radical (unpaired) electrons. The summed E-state index contributed by atoms with van der Waals surface area (Å²) in [4.78, 5) is 11.3. The largest absolute Gasteiger partial charge is 0.515 e. The van der Waals surface area contributed by atoms with Crippen molar-refractivity contribution in [2.24, 2.45) is 0 Å². The van der Waals surface area contributed by atoms with Crippen LogP contribution in [-0.4, -0.2) is 12.3 Å². The predicted octanol–water partition coefficient (Wildman–Crippen LogP) is 3.00. The molecule has 1 unspecified atom stereocenters. The second-order valence-electron chi connectivity index (χ2n) is 3.10. The van der Waals surface area contributed by atoms with Crippen molar-refractivity contribution < 1.29 is 14.3 Å². The summed E-state index contributed by atoms with van der Waals surface area (Å²) in [6.07, 6.45) is -0.443. The van der Waals surface area contributed by atoms with Gasteiger partial charge in [0.15, 0.2) is 6.10 Å². The first-order chi connectivity index (χ1) is 7.72. The molecule has 0 spiro atoms. The average molecular weight is 218 g/mol. The minimum atomic E-state index is -0.732. The van der Waals surface area contributed by atoms with E-state index in [-0.39, 0.29) is 0 Å². The number of carbonyl (C=O) groups excluding carboxylic acids is 1. The summed E-state index contributed by atoms with van der Waals surface area (Å²) < 4.78 is 9.86. The fraction of sp³-hybridized carbons (Fsp3) is 0.308. The maximum atomic E-state index is 11.3. The van der Waals surface area contributed by atoms with E-state index in [2.05, 4.69) is 11.8 Å². The van der Waals surface area contributed by atoms with Crippen LogP contribution in [0.3, 0.4) is 0 Å². The summed E-state index contributed by atoms with van der Waals surface area (Å²) in [6.45, 7) is 3.64. The van der Waals surface area contributed by atoms with E-state index in [1.807, 2.05) is 13.0 Å². The highest BCUT2D eigenvalue weighted by Gasteiger charge is 2.08. The maximum Gasteiger partial charge on any atom is 0.515 e. The van der Waals surface area contributed by atoms with E-state index >= 15 is 0 Å². The third-order valence-electron chi connectivity index (χ3n) is 1.70. The third kappa shape index (κ3) is 4.52. The molecule has 84 valence electrons. The summed E-state index contributed by atoms with van der Waals surface area (Å²) in [5.74, 6) is 6.07. The second-order valence-corrected chi connectivity index (χ2v) is 3.10. The standard InChI is InChI=1S/C13H14O3/c1-3-4-8-11(2)15-13(14)16-12-9-6-5-7-10-12/h5-7,9-11H,3H2,1-2H3. The van der Waals surface area contributed by atoms with Crippen molar-refractivity contribution in [1.82, 2.24) is 0 Å². The van der Waals surface area contributed by atoms with E-state index in [9.17, 15) is 4.79 Å². The van der Waals surface area contributed by atoms with Gasteiger partial charge in [0.25, 0.3) is 0 Å². The lowest BCUT2D eigenvalue weighted by Gasteiger charge is -2.07. The zero-order chi connectivity index (χ0) is 11.8. The van der Waals surface area contributed by atoms with Crippen LogP contribution in [0.2, 0.25) is 0 Å². The van der Waals surface area contributed by atoms with Crippen LogP contribution in [0.4, 0.5) is 4.79 Å². The molecule has 16 heavy (non-hydrogen) atoms. The van der Waals surface area contributed by atoms with Crippen LogP contribution < -0.4 is 4.74 Å². The fourth-order valence-electron chi connectivity index (χ4n) is 1.03. The Labute approximate surface area is 95.4 Å². The molecule has 0 saturated carbocycles. The highest BCUT2D eigenvalue weighted by atomic mass is 16.7. The molecule has 0 aliphatic heterocycles. The summed E-state index contributed by atoms with van der Waals surface area (Å²) in [5, 5.41) is 0. The van der Waals surface area contributed by atoms with Gasteiger partial charge in [0.1, 0.15) is 5.75 Å². The van der Waals surface area contributed by atoms with Crippen molar-refractivity contribution >= 4 is 6.16 Å². The molecule has 0 N–H and O–H groups in total. The lowest BCUT2D eigenvalue weighted by atomic mass is 10.3. The van der Waals surface area contributed by atoms with Gasteiger partial charge >= 0.3 is 6.16 Å². The van der Waals surface area contributed by atoms with E-state index in [1.54, 1.807) is 31.2 Å². The molecule has 1 aromatic rings. The van der Waals surface area contributed by atoms with Gasteiger partial charge in [-0.25, -0.2) is 4.79 Å². The summed E-state index contributed by atoms with van der Waals surface area (Å²) in [7, 11) is 0. The van der Waals surface area contributed by atoms with E-state index in [4.69, 9.17) is 9.47 Å². The lowest BCUT2D eigenvalue weighted by Crippen LogP contribution is -2.16. The molecule has 0 bridgehead atoms. The van der Waals surface area contributed by atoms with Crippen molar-refractivity contribution in [3.8, 4) is 17.6 Å². The number of rotatable bonds is 2. The zero-order valence-corrected chi connectivity index (χ0v) is 9.40. The van der Waals surface area contributed by atoms with Gasteiger partial charge in [-0.15, -0.1) is 0 Å². The van der Waals surface area contributed by atoms with E-state index < -0.39 is 12.3 Å². The number of para-hydroxylation sites is 1. The van der Waals surface area contributed by atoms with Gasteiger partial charge in [0, 0.05) is 6.42 Å². The lowest BCUT2D eigenvalue weighted by molar-refractivity contribution is 0.0852. The van der Waals surface area contributed by atoms with Crippen molar-refractivity contribution in [3.05, 3.63) is 30.3 Å². The van der Waals surface area contributed by atoms with E-state index in [1.165, 1.54) is 0 Å². The van der Waals surface area contributed by atoms with Gasteiger partial charge in [-0.3, -0.25) is 0 Å². The highest BCUT2D eigenvalue weighted by Crippen LogP contribution is 2.09. The van der Waals surface area contributed by atoms with Crippen LogP contribution in [0.1, 0.15) is 20.3 Å². The van der Waals surface area contributed by atoms with E-state index in [0.29, 0.717) is 5.75 Å². The molecule has 1 aromatic carbocycles. The normalized spacial score (nSPS) is 10.9. The van der Waals surface area contributed by atoms with Gasteiger partial charge in [-0.05, 0) is 19.1 Å². The summed E-state index contributed by atoms with van der Waals surface area (Å²) in [5.41, 5.74) is 0. The Balaban J connectivity index is 2.42. The molecule has 0 amide bonds. The van der Waals surface area contributed by atoms with Crippen LogP contribution in [0.25, 0.3) is 0 Å².